The van der Waals surface area contributed by atoms with E-state index >= 15 is 0 Å². The summed E-state index contributed by atoms with van der Waals surface area (Å²) in [4.78, 5) is 38.9. The SMILES string of the molecule is CC(C)CN(CC(O)C(=O)Oc1ccc2c(c1)CCC2)C(=O)NC(CC(=O)O)c1ccc2ccccc2c1. The maximum absolute atomic E-state index is 13.3. The monoisotopic (exact) mass is 518 g/mol. The highest BCUT2D eigenvalue weighted by Gasteiger charge is 2.28. The minimum Gasteiger partial charge on any atom is -0.481 e. The minimum absolute atomic E-state index is 0.0410. The number of rotatable bonds is 10. The number of hydrogen-bond acceptors (Lipinski definition) is 5. The zero-order valence-electron chi connectivity index (χ0n) is 21.7. The third kappa shape index (κ3) is 6.89. The number of nitrogens with one attached hydrogen (secondary N) is 1. The second-order valence-corrected chi connectivity index (χ2v) is 10.2. The Balaban J connectivity index is 1.46. The fraction of sp³-hybridized carbons (Fsp3) is 0.367. The second-order valence-electron chi connectivity index (χ2n) is 10.2. The van der Waals surface area contributed by atoms with E-state index in [1.165, 1.54) is 10.5 Å². The zero-order valence-corrected chi connectivity index (χ0v) is 21.7. The summed E-state index contributed by atoms with van der Waals surface area (Å²) in [5, 5.41) is 24.9. The predicted octanol–water partition coefficient (Wildman–Crippen LogP) is 4.48. The molecule has 3 N–H and O–H groups in total. The maximum atomic E-state index is 13.3. The number of benzene rings is 3. The van der Waals surface area contributed by atoms with E-state index in [9.17, 15) is 24.6 Å². The molecule has 8 heteroatoms. The first-order valence-corrected chi connectivity index (χ1v) is 13.0. The molecule has 0 spiro atoms. The molecule has 2 atom stereocenters. The molecule has 0 fully saturated rings. The van der Waals surface area contributed by atoms with Crippen LogP contribution in [0.5, 0.6) is 5.75 Å². The molecule has 1 aliphatic carbocycles. The molecule has 0 bridgehead atoms. The van der Waals surface area contributed by atoms with Crippen molar-refractivity contribution in [2.45, 2.75) is 51.7 Å². The lowest BCUT2D eigenvalue weighted by Crippen LogP contribution is -2.48. The molecule has 0 saturated carbocycles. The van der Waals surface area contributed by atoms with E-state index in [-0.39, 0.29) is 25.4 Å². The first kappa shape index (κ1) is 27.1. The molecule has 200 valence electrons. The molecular weight excluding hydrogens is 484 g/mol. The van der Waals surface area contributed by atoms with E-state index in [4.69, 9.17) is 4.74 Å². The van der Waals surface area contributed by atoms with Crippen molar-refractivity contribution in [2.24, 2.45) is 5.92 Å². The number of esters is 1. The molecule has 38 heavy (non-hydrogen) atoms. The fourth-order valence-electron chi connectivity index (χ4n) is 4.85. The molecule has 8 nitrogen and oxygen atoms in total. The number of aliphatic hydroxyl groups is 1. The van der Waals surface area contributed by atoms with Crippen LogP contribution in [0, 0.1) is 5.92 Å². The quantitative estimate of drug-likeness (QED) is 0.269. The van der Waals surface area contributed by atoms with Crippen molar-refractivity contribution in [1.29, 1.82) is 0 Å². The standard InChI is InChI=1S/C30H34N2O6/c1-19(2)17-32(18-27(33)29(36)38-25-13-12-21-8-5-9-23(21)15-25)30(37)31-26(16-28(34)35)24-11-10-20-6-3-4-7-22(20)14-24/h3-4,6-7,10-15,19,26-27,33H,5,8-9,16-18H2,1-2H3,(H,31,37)(H,34,35). The third-order valence-corrected chi connectivity index (χ3v) is 6.68. The highest BCUT2D eigenvalue weighted by atomic mass is 16.5. The Hall–Kier alpha value is -3.91. The van der Waals surface area contributed by atoms with Gasteiger partial charge < -0.3 is 25.2 Å². The summed E-state index contributed by atoms with van der Waals surface area (Å²) in [6.07, 6.45) is 1.12. The van der Waals surface area contributed by atoms with Gasteiger partial charge in [0.15, 0.2) is 6.10 Å². The van der Waals surface area contributed by atoms with E-state index in [0.29, 0.717) is 11.3 Å². The number of urea groups is 1. The van der Waals surface area contributed by atoms with Gasteiger partial charge in [-0.1, -0.05) is 56.3 Å². The van der Waals surface area contributed by atoms with Crippen LogP contribution in [0.25, 0.3) is 10.8 Å². The number of hydrogen-bond donors (Lipinski definition) is 3. The lowest BCUT2D eigenvalue weighted by molar-refractivity contribution is -0.144. The molecular formula is C30H34N2O6. The summed E-state index contributed by atoms with van der Waals surface area (Å²) in [5.74, 6) is -1.50. The van der Waals surface area contributed by atoms with Gasteiger partial charge in [-0.3, -0.25) is 4.79 Å². The molecule has 0 aromatic heterocycles. The summed E-state index contributed by atoms with van der Waals surface area (Å²) < 4.78 is 5.41. The summed E-state index contributed by atoms with van der Waals surface area (Å²) in [6, 6.07) is 17.3. The number of carboxylic acids is 1. The highest BCUT2D eigenvalue weighted by Crippen LogP contribution is 2.26. The van der Waals surface area contributed by atoms with Crippen LogP contribution in [0.4, 0.5) is 4.79 Å². The average Bonchev–Trinajstić information content (AvgIpc) is 3.35. The minimum atomic E-state index is -1.56. The van der Waals surface area contributed by atoms with Crippen molar-refractivity contribution < 1.29 is 29.3 Å². The number of carboxylic acid groups (broad SMARTS) is 1. The molecule has 4 rings (SSSR count). The summed E-state index contributed by atoms with van der Waals surface area (Å²) in [5.41, 5.74) is 3.04. The molecule has 0 heterocycles. The van der Waals surface area contributed by atoms with Crippen LogP contribution in [0.3, 0.4) is 0 Å². The van der Waals surface area contributed by atoms with Crippen LogP contribution in [0.2, 0.25) is 0 Å². The van der Waals surface area contributed by atoms with Crippen molar-refractivity contribution in [3.05, 3.63) is 77.4 Å². The van der Waals surface area contributed by atoms with Crippen LogP contribution in [-0.4, -0.2) is 52.3 Å². The molecule has 0 aliphatic heterocycles. The van der Waals surface area contributed by atoms with Gasteiger partial charge in [0.2, 0.25) is 0 Å². The Morgan fingerprint density at radius 1 is 0.947 bits per heavy atom. The van der Waals surface area contributed by atoms with Gasteiger partial charge in [-0.2, -0.15) is 0 Å². The highest BCUT2D eigenvalue weighted by molar-refractivity contribution is 5.84. The number of carbonyl (C=O) groups excluding carboxylic acids is 2. The second kappa shape index (κ2) is 12.1. The summed E-state index contributed by atoms with van der Waals surface area (Å²) in [6.45, 7) is 3.79. The number of carbonyl (C=O) groups is 3. The van der Waals surface area contributed by atoms with Gasteiger partial charge in [0.1, 0.15) is 5.75 Å². The zero-order chi connectivity index (χ0) is 27.2. The van der Waals surface area contributed by atoms with Gasteiger partial charge in [0.25, 0.3) is 0 Å². The predicted molar refractivity (Wildman–Crippen MR) is 144 cm³/mol. The Bertz CT molecular complexity index is 1320. The maximum Gasteiger partial charge on any atom is 0.342 e. The number of aliphatic hydroxyl groups excluding tert-OH is 1. The van der Waals surface area contributed by atoms with E-state index < -0.39 is 30.1 Å². The molecule has 0 radical (unpaired) electrons. The molecule has 3 aromatic rings. The Labute approximate surface area is 222 Å². The lowest BCUT2D eigenvalue weighted by Gasteiger charge is -2.29. The van der Waals surface area contributed by atoms with Crippen LogP contribution >= 0.6 is 0 Å². The Morgan fingerprint density at radius 2 is 1.68 bits per heavy atom. The van der Waals surface area contributed by atoms with Crippen molar-refractivity contribution in [2.75, 3.05) is 13.1 Å². The Kier molecular flexibility index (Phi) is 8.63. The van der Waals surface area contributed by atoms with Gasteiger partial charge in [0.05, 0.1) is 19.0 Å². The number of nitrogens with zero attached hydrogens (tertiary/aromatic N) is 1. The van der Waals surface area contributed by atoms with Crippen LogP contribution in [0.1, 0.15) is 49.4 Å². The van der Waals surface area contributed by atoms with Gasteiger partial charge in [-0.05, 0) is 70.8 Å². The van der Waals surface area contributed by atoms with Crippen LogP contribution in [0.15, 0.2) is 60.7 Å². The topological polar surface area (TPSA) is 116 Å². The van der Waals surface area contributed by atoms with Crippen molar-refractivity contribution in [3.63, 3.8) is 0 Å². The normalized spacial score (nSPS) is 14.1. The molecule has 0 saturated heterocycles. The number of aryl methyl sites for hydroxylation is 2. The van der Waals surface area contributed by atoms with Crippen LogP contribution in [-0.2, 0) is 22.4 Å². The average molecular weight is 519 g/mol. The van der Waals surface area contributed by atoms with Crippen molar-refractivity contribution in [3.8, 4) is 5.75 Å². The van der Waals surface area contributed by atoms with Crippen molar-refractivity contribution in [1.82, 2.24) is 10.2 Å². The third-order valence-electron chi connectivity index (χ3n) is 6.68. The van der Waals surface area contributed by atoms with E-state index in [0.717, 1.165) is 35.6 Å². The van der Waals surface area contributed by atoms with E-state index in [1.54, 1.807) is 12.1 Å². The number of ether oxygens (including phenoxy) is 1. The summed E-state index contributed by atoms with van der Waals surface area (Å²) in [7, 11) is 0. The lowest BCUT2D eigenvalue weighted by atomic mass is 10.00. The largest absolute Gasteiger partial charge is 0.481 e. The summed E-state index contributed by atoms with van der Waals surface area (Å²) >= 11 is 0. The fourth-order valence-corrected chi connectivity index (χ4v) is 4.85. The van der Waals surface area contributed by atoms with Gasteiger partial charge in [0, 0.05) is 6.54 Å². The van der Waals surface area contributed by atoms with Crippen molar-refractivity contribution >= 4 is 28.7 Å². The van der Waals surface area contributed by atoms with Crippen LogP contribution < -0.4 is 10.1 Å². The van der Waals surface area contributed by atoms with Gasteiger partial charge >= 0.3 is 18.0 Å². The van der Waals surface area contributed by atoms with Gasteiger partial charge in [-0.15, -0.1) is 0 Å². The number of aliphatic carboxylic acids is 1. The first-order chi connectivity index (χ1) is 18.2. The molecule has 1 aliphatic rings. The molecule has 3 aromatic carbocycles. The molecule has 2 amide bonds. The number of fused-ring (bicyclic) bond motifs is 2. The van der Waals surface area contributed by atoms with E-state index in [1.807, 2.05) is 62.4 Å². The first-order valence-electron chi connectivity index (χ1n) is 13.0. The molecule has 2 unspecified atom stereocenters. The smallest absolute Gasteiger partial charge is 0.342 e. The Morgan fingerprint density at radius 3 is 2.42 bits per heavy atom. The number of amides is 2. The van der Waals surface area contributed by atoms with E-state index in [2.05, 4.69) is 5.32 Å². The van der Waals surface area contributed by atoms with Gasteiger partial charge in [-0.25, -0.2) is 9.59 Å².